The monoisotopic (exact) mass is 460 g/mol. The molecule has 0 unspecified atom stereocenters. The molecule has 2 fully saturated rings. The fourth-order valence-electron chi connectivity index (χ4n) is 4.74. The molecule has 1 heterocycles. The van der Waals surface area contributed by atoms with E-state index in [2.05, 4.69) is 10.3 Å². The minimum atomic E-state index is -4.33. The van der Waals surface area contributed by atoms with E-state index in [-0.39, 0.29) is 36.7 Å². The average Bonchev–Trinajstić information content (AvgIpc) is 3.10. The van der Waals surface area contributed by atoms with Crippen LogP contribution in [-0.2, 0) is 11.0 Å². The number of rotatable bonds is 5. The highest BCUT2D eigenvalue weighted by Gasteiger charge is 2.44. The zero-order chi connectivity index (χ0) is 23.4. The molecule has 0 aliphatic heterocycles. The molecule has 1 aromatic heterocycles. The largest absolute Gasteiger partial charge is 0.490 e. The summed E-state index contributed by atoms with van der Waals surface area (Å²) in [7, 11) is 0. The maximum Gasteiger partial charge on any atom is 0.416 e. The van der Waals surface area contributed by atoms with Gasteiger partial charge in [0.15, 0.2) is 0 Å². The maximum absolute atomic E-state index is 13.7. The standard InChI is InChI=1S/C25H24F4N2O2/c1-24(26)11-16(12-24)23(32)31-22-13-30-21-7-6-18(10-20(21)22)33-19-8-15(9-19)14-2-4-17(5-3-14)25(27,28)29/h2-7,10,13,15-16,19,30H,8-9,11-12H2,1H3,(H,31,32)/t15-,16?,19-,24?. The number of anilines is 1. The molecular formula is C25H24F4N2O2. The Balaban J connectivity index is 1.20. The van der Waals surface area contributed by atoms with Crippen LogP contribution in [0.1, 0.15) is 49.7 Å². The molecule has 0 radical (unpaired) electrons. The van der Waals surface area contributed by atoms with Gasteiger partial charge in [-0.2, -0.15) is 13.2 Å². The number of hydrogen-bond donors (Lipinski definition) is 2. The van der Waals surface area contributed by atoms with Crippen LogP contribution in [0, 0.1) is 5.92 Å². The van der Waals surface area contributed by atoms with Crippen LogP contribution < -0.4 is 10.1 Å². The van der Waals surface area contributed by atoms with E-state index in [1.54, 1.807) is 6.20 Å². The molecule has 0 bridgehead atoms. The normalized spacial score (nSPS) is 27.0. The van der Waals surface area contributed by atoms with Crippen molar-refractivity contribution in [2.75, 3.05) is 5.32 Å². The third kappa shape index (κ3) is 4.43. The lowest BCUT2D eigenvalue weighted by Gasteiger charge is -2.37. The predicted octanol–water partition coefficient (Wildman–Crippen LogP) is 6.59. The SMILES string of the molecule is CC1(F)CC(C(=O)Nc2c[nH]c3ccc(O[C@H]4C[C@H](c5ccc(C(F)(F)F)cc5)C4)cc23)C1. The molecule has 2 aromatic carbocycles. The van der Waals surface area contributed by atoms with Crippen molar-refractivity contribution in [3.63, 3.8) is 0 Å². The Morgan fingerprint density at radius 1 is 1.12 bits per heavy atom. The van der Waals surface area contributed by atoms with Crippen molar-refractivity contribution in [2.45, 2.75) is 56.5 Å². The number of ether oxygens (including phenoxy) is 1. The van der Waals surface area contributed by atoms with Gasteiger partial charge in [0, 0.05) is 23.0 Å². The number of carbonyl (C=O) groups excluding carboxylic acids is 1. The fraction of sp³-hybridized carbons (Fsp3) is 0.400. The summed E-state index contributed by atoms with van der Waals surface area (Å²) in [5.41, 5.74) is 0.456. The Morgan fingerprint density at radius 3 is 2.45 bits per heavy atom. The number of halogens is 4. The average molecular weight is 460 g/mol. The molecule has 2 N–H and O–H groups in total. The molecule has 2 aliphatic carbocycles. The van der Waals surface area contributed by atoms with E-state index >= 15 is 0 Å². The lowest BCUT2D eigenvalue weighted by atomic mass is 9.73. The summed E-state index contributed by atoms with van der Waals surface area (Å²) < 4.78 is 58.0. The molecule has 1 amide bonds. The van der Waals surface area contributed by atoms with Gasteiger partial charge in [-0.05, 0) is 74.4 Å². The molecule has 5 rings (SSSR count). The molecule has 2 aliphatic rings. The molecular weight excluding hydrogens is 436 g/mol. The van der Waals surface area contributed by atoms with Gasteiger partial charge < -0.3 is 15.0 Å². The molecule has 4 nitrogen and oxygen atoms in total. The summed E-state index contributed by atoms with van der Waals surface area (Å²) in [5, 5.41) is 3.69. The van der Waals surface area contributed by atoms with Crippen molar-refractivity contribution in [2.24, 2.45) is 5.92 Å². The number of carbonyl (C=O) groups is 1. The molecule has 0 spiro atoms. The minimum absolute atomic E-state index is 0.0241. The number of amides is 1. The maximum atomic E-state index is 13.7. The number of H-pyrrole nitrogens is 1. The van der Waals surface area contributed by atoms with E-state index < -0.39 is 17.4 Å². The lowest BCUT2D eigenvalue weighted by molar-refractivity contribution is -0.137. The zero-order valence-electron chi connectivity index (χ0n) is 18.0. The number of fused-ring (bicyclic) bond motifs is 1. The van der Waals surface area contributed by atoms with Gasteiger partial charge in [0.05, 0.1) is 17.4 Å². The van der Waals surface area contributed by atoms with E-state index in [1.165, 1.54) is 19.1 Å². The van der Waals surface area contributed by atoms with Gasteiger partial charge in [0.25, 0.3) is 0 Å². The summed E-state index contributed by atoms with van der Waals surface area (Å²) in [6.07, 6.45) is -0.722. The van der Waals surface area contributed by atoms with Crippen LogP contribution in [0.25, 0.3) is 10.9 Å². The fourth-order valence-corrected chi connectivity index (χ4v) is 4.74. The van der Waals surface area contributed by atoms with E-state index in [9.17, 15) is 22.4 Å². The number of hydrogen-bond acceptors (Lipinski definition) is 2. The van der Waals surface area contributed by atoms with Crippen molar-refractivity contribution in [3.8, 4) is 5.75 Å². The first-order chi connectivity index (χ1) is 15.6. The number of alkyl halides is 4. The molecule has 8 heteroatoms. The second kappa shape index (κ2) is 7.78. The van der Waals surface area contributed by atoms with Gasteiger partial charge in [-0.25, -0.2) is 4.39 Å². The van der Waals surface area contributed by atoms with Crippen LogP contribution in [0.2, 0.25) is 0 Å². The summed E-state index contributed by atoms with van der Waals surface area (Å²) >= 11 is 0. The van der Waals surface area contributed by atoms with Crippen molar-refractivity contribution < 1.29 is 27.1 Å². The highest BCUT2D eigenvalue weighted by Crippen LogP contribution is 2.42. The van der Waals surface area contributed by atoms with Crippen molar-refractivity contribution in [3.05, 3.63) is 59.8 Å². The summed E-state index contributed by atoms with van der Waals surface area (Å²) in [6, 6.07) is 10.9. The molecule has 3 aromatic rings. The van der Waals surface area contributed by atoms with Crippen LogP contribution in [0.5, 0.6) is 5.75 Å². The van der Waals surface area contributed by atoms with Crippen molar-refractivity contribution in [1.29, 1.82) is 0 Å². The third-order valence-electron chi connectivity index (χ3n) is 6.73. The highest BCUT2D eigenvalue weighted by atomic mass is 19.4. The summed E-state index contributed by atoms with van der Waals surface area (Å²) in [4.78, 5) is 15.5. The second-order valence-electron chi connectivity index (χ2n) is 9.45. The van der Waals surface area contributed by atoms with Crippen LogP contribution in [0.3, 0.4) is 0 Å². The minimum Gasteiger partial charge on any atom is -0.490 e. The molecule has 0 saturated heterocycles. The topological polar surface area (TPSA) is 54.1 Å². The van der Waals surface area contributed by atoms with E-state index in [1.807, 2.05) is 18.2 Å². The molecule has 33 heavy (non-hydrogen) atoms. The van der Waals surface area contributed by atoms with Gasteiger partial charge >= 0.3 is 6.18 Å². The van der Waals surface area contributed by atoms with Gasteiger partial charge in [0.2, 0.25) is 5.91 Å². The van der Waals surface area contributed by atoms with Crippen LogP contribution >= 0.6 is 0 Å². The van der Waals surface area contributed by atoms with Crippen molar-refractivity contribution >= 4 is 22.5 Å². The van der Waals surface area contributed by atoms with Crippen LogP contribution in [0.15, 0.2) is 48.7 Å². The van der Waals surface area contributed by atoms with Gasteiger partial charge in [-0.3, -0.25) is 4.79 Å². The molecule has 174 valence electrons. The van der Waals surface area contributed by atoms with Gasteiger partial charge in [-0.15, -0.1) is 0 Å². The summed E-state index contributed by atoms with van der Waals surface area (Å²) in [6.45, 7) is 1.51. The lowest BCUT2D eigenvalue weighted by Crippen LogP contribution is -2.43. The van der Waals surface area contributed by atoms with E-state index in [0.29, 0.717) is 11.4 Å². The highest BCUT2D eigenvalue weighted by molar-refractivity contribution is 6.03. The number of benzene rings is 2. The second-order valence-corrected chi connectivity index (χ2v) is 9.45. The number of aromatic amines is 1. The number of nitrogens with one attached hydrogen (secondary N) is 2. The first-order valence-corrected chi connectivity index (χ1v) is 11.0. The van der Waals surface area contributed by atoms with Crippen molar-refractivity contribution in [1.82, 2.24) is 4.98 Å². The third-order valence-corrected chi connectivity index (χ3v) is 6.73. The van der Waals surface area contributed by atoms with E-state index in [0.717, 1.165) is 41.4 Å². The first kappa shape index (κ1) is 21.8. The van der Waals surface area contributed by atoms with Crippen LogP contribution in [-0.4, -0.2) is 22.7 Å². The predicted molar refractivity (Wildman–Crippen MR) is 117 cm³/mol. The van der Waals surface area contributed by atoms with Gasteiger partial charge in [-0.1, -0.05) is 12.1 Å². The Morgan fingerprint density at radius 2 is 1.82 bits per heavy atom. The molecule has 0 atom stereocenters. The Bertz CT molecular complexity index is 1170. The number of aromatic nitrogens is 1. The smallest absolute Gasteiger partial charge is 0.416 e. The Labute approximate surface area is 188 Å². The molecule has 2 saturated carbocycles. The first-order valence-electron chi connectivity index (χ1n) is 11.0. The quantitative estimate of drug-likeness (QED) is 0.422. The summed E-state index contributed by atoms with van der Waals surface area (Å²) in [5.74, 6) is 0.331. The van der Waals surface area contributed by atoms with Gasteiger partial charge in [0.1, 0.15) is 11.4 Å². The Hall–Kier alpha value is -3.03. The zero-order valence-corrected chi connectivity index (χ0v) is 18.0. The van der Waals surface area contributed by atoms with E-state index in [4.69, 9.17) is 4.74 Å². The Kier molecular flexibility index (Phi) is 5.14. The van der Waals surface area contributed by atoms with Crippen LogP contribution in [0.4, 0.5) is 23.2 Å².